The molecule has 0 spiro atoms. The Hall–Kier alpha value is -3.49. The number of rotatable bonds is 1. The fraction of sp³-hybridized carbons (Fsp3) is 0.467. The molecule has 0 saturated carbocycles. The van der Waals surface area contributed by atoms with Gasteiger partial charge in [-0.25, -0.2) is 0 Å². The number of benzene rings is 4. The van der Waals surface area contributed by atoms with E-state index in [0.29, 0.717) is 25.7 Å². The number of hydrogen-bond donors (Lipinski definition) is 0. The van der Waals surface area contributed by atoms with Crippen molar-refractivity contribution in [2.75, 3.05) is 7.11 Å². The zero-order valence-electron chi connectivity index (χ0n) is 32.5. The van der Waals surface area contributed by atoms with E-state index in [1.807, 2.05) is 7.11 Å². The van der Waals surface area contributed by atoms with Crippen LogP contribution in [0.25, 0.3) is 0 Å². The molecule has 0 N–H and O–H groups in total. The van der Waals surface area contributed by atoms with Gasteiger partial charge in [0.2, 0.25) is 0 Å². The second-order valence-electron chi connectivity index (χ2n) is 18.9. The Balaban J connectivity index is 1.62. The van der Waals surface area contributed by atoms with Gasteiger partial charge in [0.15, 0.2) is 0 Å². The maximum atomic E-state index is 7.07. The highest BCUT2D eigenvalue weighted by atomic mass is 31.2. The Labute approximate surface area is 301 Å². The smallest absolute Gasteiger partial charge is 0.496 e. The Morgan fingerprint density at radius 2 is 0.620 bits per heavy atom. The first-order valence-electron chi connectivity index (χ1n) is 18.2. The van der Waals surface area contributed by atoms with E-state index in [2.05, 4.69) is 132 Å². The van der Waals surface area contributed by atoms with Crippen LogP contribution in [0.4, 0.5) is 0 Å². The minimum Gasteiger partial charge on any atom is -0.496 e. The fourth-order valence-corrected chi connectivity index (χ4v) is 8.78. The van der Waals surface area contributed by atoms with E-state index in [4.69, 9.17) is 18.3 Å². The summed E-state index contributed by atoms with van der Waals surface area (Å²) in [5.74, 6) is 3.61. The molecular weight excluding hydrogens is 635 g/mol. The SMILES string of the molecule is COc1c2cc(C(C)(C)C)cc1Cc1cc(C(C)(C)C)cc3c1OP1Oc4c(cc(C(C)(C)C)cc4Cc4cc(C(C)(C)C)cc(c4O1)C3)C2. The number of hydrogen-bond acceptors (Lipinski definition) is 4. The molecule has 0 fully saturated rings. The molecule has 4 nitrogen and oxygen atoms in total. The van der Waals surface area contributed by atoms with Crippen molar-refractivity contribution in [1.82, 2.24) is 0 Å². The molecule has 0 radical (unpaired) electrons. The maximum Gasteiger partial charge on any atom is 0.530 e. The second kappa shape index (κ2) is 11.8. The van der Waals surface area contributed by atoms with E-state index in [0.717, 1.165) is 34.1 Å². The zero-order valence-corrected chi connectivity index (χ0v) is 33.4. The summed E-state index contributed by atoms with van der Waals surface area (Å²) < 4.78 is 27.5. The van der Waals surface area contributed by atoms with Crippen LogP contribution in [0.1, 0.15) is 150 Å². The Bertz CT molecular complexity index is 1890. The summed E-state index contributed by atoms with van der Waals surface area (Å²) in [5.41, 5.74) is 14.4. The molecule has 264 valence electrons. The molecule has 6 bridgehead atoms. The highest BCUT2D eigenvalue weighted by Crippen LogP contribution is 2.55. The highest BCUT2D eigenvalue weighted by molar-refractivity contribution is 7.43. The van der Waals surface area contributed by atoms with Crippen molar-refractivity contribution in [2.45, 2.75) is 130 Å². The Morgan fingerprint density at radius 3 is 0.840 bits per heavy atom. The van der Waals surface area contributed by atoms with E-state index in [9.17, 15) is 0 Å². The van der Waals surface area contributed by atoms with Crippen LogP contribution >= 0.6 is 8.60 Å². The molecule has 7 rings (SSSR count). The molecule has 0 amide bonds. The van der Waals surface area contributed by atoms with Crippen LogP contribution in [-0.4, -0.2) is 7.11 Å². The monoisotopic (exact) mass is 690 g/mol. The van der Waals surface area contributed by atoms with Crippen LogP contribution in [0.15, 0.2) is 48.5 Å². The van der Waals surface area contributed by atoms with E-state index >= 15 is 0 Å². The molecule has 0 atom stereocenters. The van der Waals surface area contributed by atoms with Crippen molar-refractivity contribution in [3.63, 3.8) is 0 Å². The van der Waals surface area contributed by atoms with Crippen molar-refractivity contribution in [1.29, 1.82) is 0 Å². The summed E-state index contributed by atoms with van der Waals surface area (Å²) in [7, 11) is 0.000611. The predicted octanol–water partition coefficient (Wildman–Crippen LogP) is 12.0. The van der Waals surface area contributed by atoms with E-state index < -0.39 is 8.60 Å². The van der Waals surface area contributed by atoms with Gasteiger partial charge in [-0.05, 0) is 88.4 Å². The van der Waals surface area contributed by atoms with E-state index in [-0.39, 0.29) is 21.7 Å². The van der Waals surface area contributed by atoms with Gasteiger partial charge in [-0.2, -0.15) is 0 Å². The molecular formula is C45H55O4P. The second-order valence-corrected chi connectivity index (χ2v) is 19.9. The summed E-state index contributed by atoms with van der Waals surface area (Å²) in [6.07, 6.45) is 2.78. The minimum atomic E-state index is -1.82. The summed E-state index contributed by atoms with van der Waals surface area (Å²) in [4.78, 5) is 0. The van der Waals surface area contributed by atoms with Gasteiger partial charge in [0, 0.05) is 25.7 Å². The lowest BCUT2D eigenvalue weighted by Crippen LogP contribution is -2.20. The molecule has 5 heteroatoms. The third-order valence-electron chi connectivity index (χ3n) is 10.7. The van der Waals surface area contributed by atoms with Crippen LogP contribution in [0.5, 0.6) is 23.0 Å². The van der Waals surface area contributed by atoms with Crippen molar-refractivity contribution >= 4 is 8.60 Å². The van der Waals surface area contributed by atoms with Crippen LogP contribution < -0.4 is 18.3 Å². The fourth-order valence-electron chi connectivity index (χ4n) is 7.51. The lowest BCUT2D eigenvalue weighted by Gasteiger charge is -2.34. The summed E-state index contributed by atoms with van der Waals surface area (Å²) in [6.45, 7) is 27.6. The van der Waals surface area contributed by atoms with Crippen LogP contribution in [-0.2, 0) is 47.3 Å². The van der Waals surface area contributed by atoms with Crippen molar-refractivity contribution in [3.05, 3.63) is 115 Å². The standard InChI is InChI=1S/C45H55O4P/c1-42(2,3)34-18-26-14-28-20-35(43(4,5)6)22-30-16-32-24-37(45(10,11)12)25-33-17-31-23-36(44(7,8)9)21-29(15-27(19-34)38(26)46-13)40(31)48-50(47-39(28)30)49-41(32)33/h18-25H,14-17H2,1-13H3. The molecule has 0 aromatic heterocycles. The molecule has 50 heavy (non-hydrogen) atoms. The van der Waals surface area contributed by atoms with Crippen LogP contribution in [0.2, 0.25) is 0 Å². The molecule has 0 aliphatic carbocycles. The summed E-state index contributed by atoms with van der Waals surface area (Å²) in [5, 5.41) is 0. The molecule has 3 heterocycles. The van der Waals surface area contributed by atoms with Crippen LogP contribution in [0.3, 0.4) is 0 Å². The average Bonchev–Trinajstić information content (AvgIpc) is 2.96. The van der Waals surface area contributed by atoms with Gasteiger partial charge < -0.3 is 18.3 Å². The quantitative estimate of drug-likeness (QED) is 0.164. The molecule has 3 aliphatic rings. The molecule has 3 aliphatic heterocycles. The average molecular weight is 691 g/mol. The molecule has 0 saturated heterocycles. The number of methoxy groups -OCH3 is 1. The molecule has 4 aromatic carbocycles. The minimum absolute atomic E-state index is 0.0264. The van der Waals surface area contributed by atoms with E-state index in [1.165, 1.54) is 55.6 Å². The molecule has 0 unspecified atom stereocenters. The number of ether oxygens (including phenoxy) is 1. The predicted molar refractivity (Wildman–Crippen MR) is 207 cm³/mol. The van der Waals surface area contributed by atoms with Crippen molar-refractivity contribution in [3.8, 4) is 23.0 Å². The normalized spacial score (nSPS) is 15.8. The maximum absolute atomic E-state index is 7.07. The lowest BCUT2D eigenvalue weighted by molar-refractivity contribution is 0.370. The van der Waals surface area contributed by atoms with E-state index in [1.54, 1.807) is 0 Å². The third kappa shape index (κ3) is 6.43. The summed E-state index contributed by atoms with van der Waals surface area (Å²) >= 11 is 0. The van der Waals surface area contributed by atoms with Gasteiger partial charge >= 0.3 is 8.60 Å². The number of fused-ring (bicyclic) bond motifs is 2. The Kier molecular flexibility index (Phi) is 8.23. The largest absolute Gasteiger partial charge is 0.530 e. The van der Waals surface area contributed by atoms with Gasteiger partial charge in [-0.1, -0.05) is 132 Å². The highest BCUT2D eigenvalue weighted by Gasteiger charge is 2.36. The lowest BCUT2D eigenvalue weighted by atomic mass is 9.79. The summed E-state index contributed by atoms with van der Waals surface area (Å²) in [6, 6.07) is 18.9. The van der Waals surface area contributed by atoms with Gasteiger partial charge in [-0.3, -0.25) is 0 Å². The first kappa shape index (κ1) is 34.9. The first-order valence-corrected chi connectivity index (χ1v) is 19.3. The first-order chi connectivity index (χ1) is 23.2. The van der Waals surface area contributed by atoms with Crippen LogP contribution in [0, 0.1) is 0 Å². The Morgan fingerprint density at radius 1 is 0.400 bits per heavy atom. The third-order valence-corrected chi connectivity index (χ3v) is 11.7. The van der Waals surface area contributed by atoms with Gasteiger partial charge in [0.1, 0.15) is 23.0 Å². The zero-order chi connectivity index (χ0) is 36.1. The topological polar surface area (TPSA) is 36.9 Å². The van der Waals surface area contributed by atoms with Crippen molar-refractivity contribution < 1.29 is 18.3 Å². The molecule has 4 aromatic rings. The van der Waals surface area contributed by atoms with Gasteiger partial charge in [0.25, 0.3) is 0 Å². The van der Waals surface area contributed by atoms with Gasteiger partial charge in [-0.15, -0.1) is 0 Å². The van der Waals surface area contributed by atoms with Crippen molar-refractivity contribution in [2.24, 2.45) is 0 Å². The van der Waals surface area contributed by atoms with Gasteiger partial charge in [0.05, 0.1) is 7.11 Å².